The molecule has 2 aliphatic rings. The molecule has 0 spiro atoms. The van der Waals surface area contributed by atoms with Crippen molar-refractivity contribution in [3.05, 3.63) is 35.6 Å². The van der Waals surface area contributed by atoms with Gasteiger partial charge in [-0.05, 0) is 44.8 Å². The van der Waals surface area contributed by atoms with E-state index in [9.17, 15) is 0 Å². The Labute approximate surface area is 126 Å². The molecule has 1 aromatic carbocycles. The van der Waals surface area contributed by atoms with Crippen molar-refractivity contribution in [2.75, 3.05) is 13.1 Å². The van der Waals surface area contributed by atoms with Crippen LogP contribution in [0, 0.1) is 0 Å². The number of likely N-dealkylation sites (tertiary alicyclic amines) is 1. The summed E-state index contributed by atoms with van der Waals surface area (Å²) in [4.78, 5) is 2.54. The molecule has 2 heterocycles. The third-order valence-electron chi connectivity index (χ3n) is 4.74. The first-order chi connectivity index (χ1) is 10.4. The number of furan rings is 1. The number of para-hydroxylation sites is 1. The molecule has 0 bridgehead atoms. The van der Waals surface area contributed by atoms with Gasteiger partial charge in [-0.3, -0.25) is 4.90 Å². The van der Waals surface area contributed by atoms with Crippen molar-refractivity contribution in [3.63, 3.8) is 0 Å². The van der Waals surface area contributed by atoms with Gasteiger partial charge in [0.05, 0.1) is 6.54 Å². The van der Waals surface area contributed by atoms with Crippen molar-refractivity contribution < 1.29 is 4.42 Å². The summed E-state index contributed by atoms with van der Waals surface area (Å²) in [6.45, 7) is 4.35. The Kier molecular flexibility index (Phi) is 3.70. The van der Waals surface area contributed by atoms with E-state index in [0.717, 1.165) is 24.7 Å². The first-order valence-corrected chi connectivity index (χ1v) is 8.35. The molecule has 4 rings (SSSR count). The molecule has 2 fully saturated rings. The second-order valence-electron chi connectivity index (χ2n) is 6.49. The Morgan fingerprint density at radius 3 is 2.71 bits per heavy atom. The van der Waals surface area contributed by atoms with Gasteiger partial charge in [0.1, 0.15) is 11.3 Å². The smallest absolute Gasteiger partial charge is 0.134 e. The minimum atomic E-state index is 0.737. The van der Waals surface area contributed by atoms with E-state index in [0.29, 0.717) is 0 Å². The van der Waals surface area contributed by atoms with E-state index in [4.69, 9.17) is 4.42 Å². The van der Waals surface area contributed by atoms with Gasteiger partial charge in [-0.25, -0.2) is 0 Å². The molecule has 3 heteroatoms. The van der Waals surface area contributed by atoms with E-state index in [1.807, 2.05) is 0 Å². The summed E-state index contributed by atoms with van der Waals surface area (Å²) in [5.41, 5.74) is 2.42. The van der Waals surface area contributed by atoms with Gasteiger partial charge in [-0.15, -0.1) is 0 Å². The zero-order valence-electron chi connectivity index (χ0n) is 12.6. The summed E-state index contributed by atoms with van der Waals surface area (Å²) in [6.07, 6.45) is 6.70. The molecule has 2 aromatic rings. The lowest BCUT2D eigenvalue weighted by Gasteiger charge is -2.25. The van der Waals surface area contributed by atoms with Gasteiger partial charge >= 0.3 is 0 Å². The Bertz CT molecular complexity index is 609. The van der Waals surface area contributed by atoms with Gasteiger partial charge in [-0.2, -0.15) is 0 Å². The standard InChI is InChI=1S/C18H24N2O/c1-4-10-20(11-5-1)13-18-16(12-19-14-8-9-14)15-6-2-3-7-17(15)21-18/h2-3,6-7,14,19H,1,4-5,8-13H2. The van der Waals surface area contributed by atoms with Crippen molar-refractivity contribution >= 4 is 11.0 Å². The highest BCUT2D eigenvalue weighted by atomic mass is 16.3. The van der Waals surface area contributed by atoms with Gasteiger partial charge in [0.2, 0.25) is 0 Å². The topological polar surface area (TPSA) is 28.4 Å². The predicted octanol–water partition coefficient (Wildman–Crippen LogP) is 3.67. The maximum Gasteiger partial charge on any atom is 0.134 e. The second-order valence-corrected chi connectivity index (χ2v) is 6.49. The number of fused-ring (bicyclic) bond motifs is 1. The van der Waals surface area contributed by atoms with Gasteiger partial charge in [-0.1, -0.05) is 24.6 Å². The molecule has 1 N–H and O–H groups in total. The van der Waals surface area contributed by atoms with E-state index in [-0.39, 0.29) is 0 Å². The molecule has 1 saturated heterocycles. The van der Waals surface area contributed by atoms with Crippen LogP contribution in [0.1, 0.15) is 43.4 Å². The Morgan fingerprint density at radius 1 is 1.10 bits per heavy atom. The van der Waals surface area contributed by atoms with Crippen LogP contribution in [0.2, 0.25) is 0 Å². The molecule has 1 aliphatic heterocycles. The molecular formula is C18H24N2O. The maximum absolute atomic E-state index is 6.17. The third-order valence-corrected chi connectivity index (χ3v) is 4.74. The monoisotopic (exact) mass is 284 g/mol. The lowest BCUT2D eigenvalue weighted by Crippen LogP contribution is -2.29. The predicted molar refractivity (Wildman–Crippen MR) is 85.2 cm³/mol. The van der Waals surface area contributed by atoms with Crippen molar-refractivity contribution in [1.29, 1.82) is 0 Å². The molecule has 1 aliphatic carbocycles. The quantitative estimate of drug-likeness (QED) is 0.908. The van der Waals surface area contributed by atoms with Crippen LogP contribution in [-0.4, -0.2) is 24.0 Å². The molecule has 0 atom stereocenters. The molecule has 21 heavy (non-hydrogen) atoms. The number of piperidine rings is 1. The van der Waals surface area contributed by atoms with E-state index >= 15 is 0 Å². The molecule has 0 amide bonds. The molecule has 0 radical (unpaired) electrons. The SMILES string of the molecule is c1ccc2c(CNC3CC3)c(CN3CCCCC3)oc2c1. The number of benzene rings is 1. The number of hydrogen-bond donors (Lipinski definition) is 1. The fraction of sp³-hybridized carbons (Fsp3) is 0.556. The lowest BCUT2D eigenvalue weighted by atomic mass is 10.1. The van der Waals surface area contributed by atoms with E-state index < -0.39 is 0 Å². The summed E-state index contributed by atoms with van der Waals surface area (Å²) < 4.78 is 6.17. The number of nitrogens with zero attached hydrogens (tertiary/aromatic N) is 1. The first-order valence-electron chi connectivity index (χ1n) is 8.35. The van der Waals surface area contributed by atoms with E-state index in [1.165, 1.54) is 61.9 Å². The third kappa shape index (κ3) is 2.99. The average Bonchev–Trinajstić information content (AvgIpc) is 3.28. The Balaban J connectivity index is 1.59. The summed E-state index contributed by atoms with van der Waals surface area (Å²) in [6, 6.07) is 9.21. The van der Waals surface area contributed by atoms with Crippen LogP contribution < -0.4 is 5.32 Å². The van der Waals surface area contributed by atoms with Crippen LogP contribution >= 0.6 is 0 Å². The zero-order valence-corrected chi connectivity index (χ0v) is 12.6. The van der Waals surface area contributed by atoms with Gasteiger partial charge in [0.25, 0.3) is 0 Å². The van der Waals surface area contributed by atoms with Crippen molar-refractivity contribution in [2.45, 2.75) is 51.2 Å². The summed E-state index contributed by atoms with van der Waals surface area (Å²) >= 11 is 0. The van der Waals surface area contributed by atoms with Crippen molar-refractivity contribution in [3.8, 4) is 0 Å². The Morgan fingerprint density at radius 2 is 1.90 bits per heavy atom. The number of rotatable bonds is 5. The van der Waals surface area contributed by atoms with Gasteiger partial charge in [0, 0.05) is 23.5 Å². The minimum Gasteiger partial charge on any atom is -0.459 e. The van der Waals surface area contributed by atoms with E-state index in [1.54, 1.807) is 0 Å². The van der Waals surface area contributed by atoms with Crippen LogP contribution in [0.4, 0.5) is 0 Å². The molecule has 3 nitrogen and oxygen atoms in total. The maximum atomic E-state index is 6.17. The zero-order chi connectivity index (χ0) is 14.1. The Hall–Kier alpha value is -1.32. The van der Waals surface area contributed by atoms with Crippen molar-refractivity contribution in [1.82, 2.24) is 10.2 Å². The first kappa shape index (κ1) is 13.4. The highest BCUT2D eigenvalue weighted by molar-refractivity contribution is 5.82. The van der Waals surface area contributed by atoms with Gasteiger partial charge in [0.15, 0.2) is 0 Å². The molecule has 1 aromatic heterocycles. The lowest BCUT2D eigenvalue weighted by molar-refractivity contribution is 0.206. The van der Waals surface area contributed by atoms with Crippen molar-refractivity contribution in [2.24, 2.45) is 0 Å². The molecule has 1 saturated carbocycles. The van der Waals surface area contributed by atoms with Crippen LogP contribution in [-0.2, 0) is 13.1 Å². The fourth-order valence-electron chi connectivity index (χ4n) is 3.33. The summed E-state index contributed by atoms with van der Waals surface area (Å²) in [5, 5.41) is 4.94. The second kappa shape index (κ2) is 5.82. The van der Waals surface area contributed by atoms with Crippen LogP contribution in [0.25, 0.3) is 11.0 Å². The highest BCUT2D eigenvalue weighted by Crippen LogP contribution is 2.29. The largest absolute Gasteiger partial charge is 0.459 e. The average molecular weight is 284 g/mol. The van der Waals surface area contributed by atoms with Crippen LogP contribution in [0.3, 0.4) is 0 Å². The van der Waals surface area contributed by atoms with Crippen LogP contribution in [0.15, 0.2) is 28.7 Å². The van der Waals surface area contributed by atoms with E-state index in [2.05, 4.69) is 34.5 Å². The molecule has 0 unspecified atom stereocenters. The molecular weight excluding hydrogens is 260 g/mol. The number of hydrogen-bond acceptors (Lipinski definition) is 3. The van der Waals surface area contributed by atoms with Gasteiger partial charge < -0.3 is 9.73 Å². The summed E-state index contributed by atoms with van der Waals surface area (Å²) in [7, 11) is 0. The fourth-order valence-corrected chi connectivity index (χ4v) is 3.33. The minimum absolute atomic E-state index is 0.737. The highest BCUT2D eigenvalue weighted by Gasteiger charge is 2.23. The normalized spacial score (nSPS) is 20.2. The van der Waals surface area contributed by atoms with Crippen LogP contribution in [0.5, 0.6) is 0 Å². The molecule has 112 valence electrons. The number of nitrogens with one attached hydrogen (secondary N) is 1. The summed E-state index contributed by atoms with van der Waals surface area (Å²) in [5.74, 6) is 1.17.